The summed E-state index contributed by atoms with van der Waals surface area (Å²) in [5, 5.41) is 4.48. The maximum absolute atomic E-state index is 6.10. The van der Waals surface area contributed by atoms with E-state index in [0.29, 0.717) is 5.54 Å². The molecular weight excluding hydrogens is 298 g/mol. The minimum absolute atomic E-state index is 0.317. The number of halogens is 2. The van der Waals surface area contributed by atoms with Crippen molar-refractivity contribution in [1.82, 2.24) is 5.32 Å². The van der Waals surface area contributed by atoms with Crippen LogP contribution in [0.4, 0.5) is 0 Å². The third kappa shape index (κ3) is 3.70. The Kier molecular flexibility index (Phi) is 4.51. The van der Waals surface area contributed by atoms with Crippen LogP contribution in [-0.4, -0.2) is 5.54 Å². The van der Waals surface area contributed by atoms with E-state index in [0.717, 1.165) is 16.0 Å². The number of nitrogens with one attached hydrogen (secondary N) is 1. The predicted octanol–water partition coefficient (Wildman–Crippen LogP) is 4.91. The highest BCUT2D eigenvalue weighted by Crippen LogP contribution is 2.28. The molecule has 17 heavy (non-hydrogen) atoms. The molecule has 0 unspecified atom stereocenters. The smallest absolute Gasteiger partial charge is 0.0551 e. The summed E-state index contributed by atoms with van der Waals surface area (Å²) >= 11 is 9.51. The second-order valence-corrected chi connectivity index (χ2v) is 6.48. The molecule has 0 amide bonds. The minimum atomic E-state index is 0.317. The van der Waals surface area contributed by atoms with Crippen LogP contribution in [0.15, 0.2) is 22.7 Å². The molecule has 0 heterocycles. The SMILES string of the molecule is CC1(NCc2ccc(Br)c(Cl)c2)CCCCC1. The van der Waals surface area contributed by atoms with E-state index in [9.17, 15) is 0 Å². The van der Waals surface area contributed by atoms with Crippen LogP contribution in [0.2, 0.25) is 5.02 Å². The number of hydrogen-bond donors (Lipinski definition) is 1. The summed E-state index contributed by atoms with van der Waals surface area (Å²) < 4.78 is 0.965. The first-order valence-electron chi connectivity index (χ1n) is 6.28. The second-order valence-electron chi connectivity index (χ2n) is 5.22. The van der Waals surface area contributed by atoms with Gasteiger partial charge in [-0.15, -0.1) is 0 Å². The van der Waals surface area contributed by atoms with Gasteiger partial charge < -0.3 is 5.32 Å². The first-order valence-corrected chi connectivity index (χ1v) is 7.45. The summed E-state index contributed by atoms with van der Waals surface area (Å²) in [5.41, 5.74) is 1.57. The molecule has 0 radical (unpaired) electrons. The van der Waals surface area contributed by atoms with Gasteiger partial charge in [0.05, 0.1) is 5.02 Å². The molecule has 94 valence electrons. The Labute approximate surface area is 117 Å². The molecule has 1 N–H and O–H groups in total. The highest BCUT2D eigenvalue weighted by atomic mass is 79.9. The fraction of sp³-hybridized carbons (Fsp3) is 0.571. The monoisotopic (exact) mass is 315 g/mol. The molecule has 1 aliphatic carbocycles. The Morgan fingerprint density at radius 3 is 2.65 bits per heavy atom. The maximum atomic E-state index is 6.10. The van der Waals surface area contributed by atoms with Gasteiger partial charge in [0.15, 0.2) is 0 Å². The molecule has 2 rings (SSSR count). The van der Waals surface area contributed by atoms with Crippen molar-refractivity contribution in [2.24, 2.45) is 0 Å². The topological polar surface area (TPSA) is 12.0 Å². The van der Waals surface area contributed by atoms with Gasteiger partial charge in [-0.25, -0.2) is 0 Å². The largest absolute Gasteiger partial charge is 0.307 e. The van der Waals surface area contributed by atoms with Gasteiger partial charge in [-0.2, -0.15) is 0 Å². The van der Waals surface area contributed by atoms with Gasteiger partial charge in [-0.05, 0) is 53.4 Å². The molecule has 1 nitrogen and oxygen atoms in total. The summed E-state index contributed by atoms with van der Waals surface area (Å²) in [6.07, 6.45) is 6.67. The molecular formula is C14H19BrClN. The lowest BCUT2D eigenvalue weighted by Crippen LogP contribution is -2.43. The van der Waals surface area contributed by atoms with Crippen molar-refractivity contribution in [3.05, 3.63) is 33.3 Å². The Bertz CT molecular complexity index is 386. The van der Waals surface area contributed by atoms with Crippen molar-refractivity contribution < 1.29 is 0 Å². The molecule has 0 aliphatic heterocycles. The van der Waals surface area contributed by atoms with E-state index in [4.69, 9.17) is 11.6 Å². The normalized spacial score (nSPS) is 19.2. The van der Waals surface area contributed by atoms with Crippen molar-refractivity contribution >= 4 is 27.5 Å². The number of rotatable bonds is 3. The van der Waals surface area contributed by atoms with Gasteiger partial charge in [0.2, 0.25) is 0 Å². The van der Waals surface area contributed by atoms with E-state index >= 15 is 0 Å². The summed E-state index contributed by atoms with van der Waals surface area (Å²) in [7, 11) is 0. The molecule has 3 heteroatoms. The van der Waals surface area contributed by atoms with Crippen LogP contribution in [0.5, 0.6) is 0 Å². The molecule has 0 aromatic heterocycles. The van der Waals surface area contributed by atoms with Crippen molar-refractivity contribution in [2.45, 2.75) is 51.1 Å². The average Bonchev–Trinajstić information content (AvgIpc) is 2.32. The molecule has 1 aliphatic rings. The fourth-order valence-electron chi connectivity index (χ4n) is 2.47. The zero-order valence-electron chi connectivity index (χ0n) is 10.2. The maximum Gasteiger partial charge on any atom is 0.0551 e. The molecule has 1 saturated carbocycles. The lowest BCUT2D eigenvalue weighted by Gasteiger charge is -2.34. The van der Waals surface area contributed by atoms with Crippen LogP contribution < -0.4 is 5.32 Å². The van der Waals surface area contributed by atoms with Crippen molar-refractivity contribution in [3.8, 4) is 0 Å². The van der Waals surface area contributed by atoms with E-state index in [1.165, 1.54) is 37.7 Å². The second kappa shape index (κ2) is 5.73. The highest BCUT2D eigenvalue weighted by molar-refractivity contribution is 9.10. The molecule has 1 fully saturated rings. The number of hydrogen-bond acceptors (Lipinski definition) is 1. The van der Waals surface area contributed by atoms with Crippen molar-refractivity contribution in [1.29, 1.82) is 0 Å². The highest BCUT2D eigenvalue weighted by Gasteiger charge is 2.25. The van der Waals surface area contributed by atoms with E-state index in [-0.39, 0.29) is 0 Å². The summed E-state index contributed by atoms with van der Waals surface area (Å²) in [4.78, 5) is 0. The molecule has 1 aromatic rings. The van der Waals surface area contributed by atoms with E-state index in [1.54, 1.807) is 0 Å². The van der Waals surface area contributed by atoms with Crippen LogP contribution in [0.1, 0.15) is 44.6 Å². The zero-order valence-corrected chi connectivity index (χ0v) is 12.6. The third-order valence-corrected chi connectivity index (χ3v) is 4.89. The summed E-state index contributed by atoms with van der Waals surface area (Å²) in [6.45, 7) is 3.25. The lowest BCUT2D eigenvalue weighted by atomic mass is 9.83. The molecule has 0 atom stereocenters. The summed E-state index contributed by atoms with van der Waals surface area (Å²) in [6, 6.07) is 6.17. The van der Waals surface area contributed by atoms with Gasteiger partial charge in [0.1, 0.15) is 0 Å². The molecule has 1 aromatic carbocycles. The average molecular weight is 317 g/mol. The lowest BCUT2D eigenvalue weighted by molar-refractivity contribution is 0.252. The van der Waals surface area contributed by atoms with Crippen LogP contribution in [0.25, 0.3) is 0 Å². The van der Waals surface area contributed by atoms with Gasteiger partial charge in [0.25, 0.3) is 0 Å². The fourth-order valence-corrected chi connectivity index (χ4v) is 2.92. The Morgan fingerprint density at radius 1 is 1.29 bits per heavy atom. The van der Waals surface area contributed by atoms with E-state index in [2.05, 4.69) is 34.2 Å². The van der Waals surface area contributed by atoms with Gasteiger partial charge in [-0.3, -0.25) is 0 Å². The first-order chi connectivity index (χ1) is 8.09. The Balaban J connectivity index is 1.94. The van der Waals surface area contributed by atoms with E-state index in [1.807, 2.05) is 12.1 Å². The summed E-state index contributed by atoms with van der Waals surface area (Å²) in [5.74, 6) is 0. The Hall–Kier alpha value is -0.0500. The minimum Gasteiger partial charge on any atom is -0.307 e. The zero-order chi connectivity index (χ0) is 12.3. The van der Waals surface area contributed by atoms with Crippen LogP contribution in [0.3, 0.4) is 0 Å². The van der Waals surface area contributed by atoms with Gasteiger partial charge in [-0.1, -0.05) is 36.9 Å². The third-order valence-electron chi connectivity index (χ3n) is 3.66. The van der Waals surface area contributed by atoms with Gasteiger partial charge in [0, 0.05) is 16.6 Å². The van der Waals surface area contributed by atoms with Crippen LogP contribution in [-0.2, 0) is 6.54 Å². The van der Waals surface area contributed by atoms with Crippen molar-refractivity contribution in [2.75, 3.05) is 0 Å². The Morgan fingerprint density at radius 2 is 2.00 bits per heavy atom. The molecule has 0 bridgehead atoms. The van der Waals surface area contributed by atoms with Crippen LogP contribution in [0, 0.1) is 0 Å². The standard InChI is InChI=1S/C14H19BrClN/c1-14(7-3-2-4-8-14)17-10-11-5-6-12(15)13(16)9-11/h5-6,9,17H,2-4,7-8,10H2,1H3. The van der Waals surface area contributed by atoms with Gasteiger partial charge >= 0.3 is 0 Å². The first kappa shape index (κ1) is 13.4. The molecule has 0 saturated heterocycles. The predicted molar refractivity (Wildman–Crippen MR) is 77.5 cm³/mol. The quantitative estimate of drug-likeness (QED) is 0.835. The molecule has 0 spiro atoms. The number of benzene rings is 1. The van der Waals surface area contributed by atoms with E-state index < -0.39 is 0 Å². The van der Waals surface area contributed by atoms with Crippen molar-refractivity contribution in [3.63, 3.8) is 0 Å². The van der Waals surface area contributed by atoms with Crippen LogP contribution >= 0.6 is 27.5 Å².